The molecule has 34 heavy (non-hydrogen) atoms. The SMILES string of the molecule is CN(CCCCCC(=O)O)c1ccc(C(=O)c2ccc(N(C)CCCCCC(=O)O)cc2)cc1. The standard InChI is InChI=1S/C27H36N2O5/c1-28(19-7-3-5-9-25(30)31)23-15-11-21(12-16-23)27(34)22-13-17-24(18-14-22)29(2)20-8-4-6-10-26(32)33/h11-18H,3-10,19-20H2,1-2H3,(H,30,31)(H,32,33). The fourth-order valence-corrected chi connectivity index (χ4v) is 3.76. The summed E-state index contributed by atoms with van der Waals surface area (Å²) in [7, 11) is 3.99. The fourth-order valence-electron chi connectivity index (χ4n) is 3.76. The Balaban J connectivity index is 1.83. The first-order chi connectivity index (χ1) is 16.3. The maximum atomic E-state index is 12.9. The molecule has 184 valence electrons. The Bertz CT molecular complexity index is 850. The van der Waals surface area contributed by atoms with E-state index in [1.807, 2.05) is 62.6 Å². The number of carbonyl (C=O) groups is 3. The van der Waals surface area contributed by atoms with E-state index < -0.39 is 11.9 Å². The normalized spacial score (nSPS) is 10.6. The van der Waals surface area contributed by atoms with Gasteiger partial charge < -0.3 is 20.0 Å². The third-order valence-corrected chi connectivity index (χ3v) is 5.91. The molecule has 7 heteroatoms. The highest BCUT2D eigenvalue weighted by atomic mass is 16.4. The van der Waals surface area contributed by atoms with Crippen LogP contribution in [0.3, 0.4) is 0 Å². The zero-order chi connectivity index (χ0) is 24.9. The quantitative estimate of drug-likeness (QED) is 0.262. The van der Waals surface area contributed by atoms with Crippen LogP contribution in [0.5, 0.6) is 0 Å². The van der Waals surface area contributed by atoms with Crippen molar-refractivity contribution in [2.75, 3.05) is 37.0 Å². The van der Waals surface area contributed by atoms with Crippen LogP contribution in [0.4, 0.5) is 11.4 Å². The van der Waals surface area contributed by atoms with E-state index >= 15 is 0 Å². The number of rotatable bonds is 16. The molecular formula is C27H36N2O5. The average Bonchev–Trinajstić information content (AvgIpc) is 2.82. The van der Waals surface area contributed by atoms with Gasteiger partial charge >= 0.3 is 11.9 Å². The lowest BCUT2D eigenvalue weighted by molar-refractivity contribution is -0.138. The highest BCUT2D eigenvalue weighted by Gasteiger charge is 2.11. The van der Waals surface area contributed by atoms with E-state index in [0.29, 0.717) is 24.0 Å². The topological polar surface area (TPSA) is 98.2 Å². The smallest absolute Gasteiger partial charge is 0.303 e. The Labute approximate surface area is 202 Å². The van der Waals surface area contributed by atoms with Gasteiger partial charge in [0.05, 0.1) is 0 Å². The van der Waals surface area contributed by atoms with E-state index in [9.17, 15) is 14.4 Å². The fraction of sp³-hybridized carbons (Fsp3) is 0.444. The minimum absolute atomic E-state index is 0.0225. The van der Waals surface area contributed by atoms with Crippen LogP contribution in [0.25, 0.3) is 0 Å². The maximum absolute atomic E-state index is 12.9. The molecule has 0 bridgehead atoms. The van der Waals surface area contributed by atoms with Gasteiger partial charge in [0.15, 0.2) is 5.78 Å². The van der Waals surface area contributed by atoms with E-state index in [4.69, 9.17) is 10.2 Å². The predicted octanol–water partition coefficient (Wildman–Crippen LogP) is 5.08. The third-order valence-electron chi connectivity index (χ3n) is 5.91. The highest BCUT2D eigenvalue weighted by Crippen LogP contribution is 2.20. The zero-order valence-corrected chi connectivity index (χ0v) is 20.2. The van der Waals surface area contributed by atoms with Gasteiger partial charge in [0.25, 0.3) is 0 Å². The van der Waals surface area contributed by atoms with Gasteiger partial charge in [0.2, 0.25) is 0 Å². The van der Waals surface area contributed by atoms with Crippen molar-refractivity contribution in [3.8, 4) is 0 Å². The van der Waals surface area contributed by atoms with Crippen molar-refractivity contribution in [3.05, 3.63) is 59.7 Å². The highest BCUT2D eigenvalue weighted by molar-refractivity contribution is 6.09. The van der Waals surface area contributed by atoms with Gasteiger partial charge in [-0.25, -0.2) is 0 Å². The Morgan fingerprint density at radius 2 is 0.941 bits per heavy atom. The second kappa shape index (κ2) is 14.0. The molecule has 2 N–H and O–H groups in total. The lowest BCUT2D eigenvalue weighted by Gasteiger charge is -2.20. The largest absolute Gasteiger partial charge is 0.481 e. The van der Waals surface area contributed by atoms with Crippen LogP contribution in [0.1, 0.15) is 67.3 Å². The van der Waals surface area contributed by atoms with Gasteiger partial charge in [-0.05, 0) is 74.2 Å². The minimum atomic E-state index is -0.750. The summed E-state index contributed by atoms with van der Waals surface area (Å²) in [6.45, 7) is 1.67. The second-order valence-corrected chi connectivity index (χ2v) is 8.67. The van der Waals surface area contributed by atoms with Crippen LogP contribution in [0, 0.1) is 0 Å². The van der Waals surface area contributed by atoms with Gasteiger partial charge in [-0.2, -0.15) is 0 Å². The van der Waals surface area contributed by atoms with Gasteiger partial charge in [-0.15, -0.1) is 0 Å². The Morgan fingerprint density at radius 1 is 0.588 bits per heavy atom. The molecule has 0 unspecified atom stereocenters. The zero-order valence-electron chi connectivity index (χ0n) is 20.2. The number of nitrogens with zero attached hydrogens (tertiary/aromatic N) is 2. The van der Waals surface area contributed by atoms with Gasteiger partial charge in [0.1, 0.15) is 0 Å². The molecular weight excluding hydrogens is 432 g/mol. The first-order valence-corrected chi connectivity index (χ1v) is 11.9. The summed E-state index contributed by atoms with van der Waals surface area (Å²) in [6.07, 6.45) is 5.42. The Kier molecular flexibility index (Phi) is 11.1. The van der Waals surface area contributed by atoms with E-state index in [2.05, 4.69) is 9.80 Å². The van der Waals surface area contributed by atoms with Crippen LogP contribution in [0.2, 0.25) is 0 Å². The molecule has 0 radical (unpaired) electrons. The van der Waals surface area contributed by atoms with Crippen LogP contribution < -0.4 is 9.80 Å². The predicted molar refractivity (Wildman–Crippen MR) is 135 cm³/mol. The average molecular weight is 469 g/mol. The van der Waals surface area contributed by atoms with Crippen molar-refractivity contribution in [2.24, 2.45) is 0 Å². The maximum Gasteiger partial charge on any atom is 0.303 e. The number of carboxylic acid groups (broad SMARTS) is 2. The molecule has 0 aliphatic heterocycles. The summed E-state index contributed by atoms with van der Waals surface area (Å²) < 4.78 is 0. The minimum Gasteiger partial charge on any atom is -0.481 e. The van der Waals surface area contributed by atoms with Crippen molar-refractivity contribution in [1.82, 2.24) is 0 Å². The van der Waals surface area contributed by atoms with Crippen molar-refractivity contribution in [1.29, 1.82) is 0 Å². The molecule has 0 spiro atoms. The molecule has 0 heterocycles. The summed E-state index contributed by atoms with van der Waals surface area (Å²) in [5.41, 5.74) is 3.32. The summed E-state index contributed by atoms with van der Waals surface area (Å²) in [4.78, 5) is 38.3. The van der Waals surface area contributed by atoms with E-state index in [0.717, 1.165) is 50.1 Å². The number of ketones is 1. The van der Waals surface area contributed by atoms with E-state index in [1.54, 1.807) is 0 Å². The second-order valence-electron chi connectivity index (χ2n) is 8.67. The number of benzene rings is 2. The molecule has 0 aliphatic carbocycles. The van der Waals surface area contributed by atoms with Crippen LogP contribution in [0.15, 0.2) is 48.5 Å². The molecule has 0 saturated heterocycles. The number of hydrogen-bond acceptors (Lipinski definition) is 5. The molecule has 0 fully saturated rings. The third kappa shape index (κ3) is 9.25. The summed E-state index contributed by atoms with van der Waals surface area (Å²) >= 11 is 0. The van der Waals surface area contributed by atoms with Crippen molar-refractivity contribution in [2.45, 2.75) is 51.4 Å². The lowest BCUT2D eigenvalue weighted by Crippen LogP contribution is -2.18. The molecule has 0 aromatic heterocycles. The molecule has 0 saturated carbocycles. The molecule has 0 amide bonds. The van der Waals surface area contributed by atoms with Crippen molar-refractivity contribution < 1.29 is 24.6 Å². The number of unbranched alkanes of at least 4 members (excludes halogenated alkanes) is 4. The first kappa shape index (κ1) is 26.9. The van der Waals surface area contributed by atoms with Gasteiger partial charge in [-0.1, -0.05) is 12.8 Å². The Morgan fingerprint density at radius 3 is 1.26 bits per heavy atom. The molecule has 7 nitrogen and oxygen atoms in total. The number of carbonyl (C=O) groups excluding carboxylic acids is 1. The lowest BCUT2D eigenvalue weighted by atomic mass is 10.0. The number of anilines is 2. The molecule has 0 aliphatic rings. The first-order valence-electron chi connectivity index (χ1n) is 11.9. The number of carboxylic acids is 2. The Hall–Kier alpha value is -3.35. The number of aliphatic carboxylic acids is 2. The molecule has 2 aromatic carbocycles. The summed E-state index contributed by atoms with van der Waals surface area (Å²) in [5.74, 6) is -1.52. The van der Waals surface area contributed by atoms with Gasteiger partial charge in [-0.3, -0.25) is 14.4 Å². The molecule has 2 aromatic rings. The number of hydrogen-bond donors (Lipinski definition) is 2. The summed E-state index contributed by atoms with van der Waals surface area (Å²) in [6, 6.07) is 15.1. The molecule has 0 atom stereocenters. The van der Waals surface area contributed by atoms with E-state index in [-0.39, 0.29) is 18.6 Å². The summed E-state index contributed by atoms with van der Waals surface area (Å²) in [5, 5.41) is 17.4. The monoisotopic (exact) mass is 468 g/mol. The van der Waals surface area contributed by atoms with Crippen molar-refractivity contribution in [3.63, 3.8) is 0 Å². The van der Waals surface area contributed by atoms with Crippen molar-refractivity contribution >= 4 is 29.1 Å². The molecule has 2 rings (SSSR count). The van der Waals surface area contributed by atoms with Crippen LogP contribution in [-0.4, -0.2) is 55.1 Å². The van der Waals surface area contributed by atoms with Crippen LogP contribution >= 0.6 is 0 Å². The van der Waals surface area contributed by atoms with E-state index in [1.165, 1.54) is 0 Å². The van der Waals surface area contributed by atoms with Crippen LogP contribution in [-0.2, 0) is 9.59 Å². The van der Waals surface area contributed by atoms with Gasteiger partial charge in [0, 0.05) is 62.5 Å².